The van der Waals surface area contributed by atoms with Gasteiger partial charge in [-0.1, -0.05) is 26.0 Å². The van der Waals surface area contributed by atoms with Gasteiger partial charge in [0.05, 0.1) is 0 Å². The molecule has 0 saturated heterocycles. The molecule has 1 aromatic rings. The van der Waals surface area contributed by atoms with Crippen LogP contribution >= 0.6 is 0 Å². The second-order valence-corrected chi connectivity index (χ2v) is 5.33. The maximum absolute atomic E-state index is 9.31. The molecule has 0 heterocycles. The van der Waals surface area contributed by atoms with E-state index in [1.165, 1.54) is 24.8 Å². The Morgan fingerprint density at radius 1 is 1.29 bits per heavy atom. The molecule has 0 amide bonds. The van der Waals surface area contributed by atoms with Crippen molar-refractivity contribution in [3.63, 3.8) is 0 Å². The highest BCUT2D eigenvalue weighted by atomic mass is 16.3. The standard InChI is InChI=1S/C15H23NO/c1-3-15(12-5-8-14(17)9-6-12)16-13-7-4-11(2)10-13/h5-6,8-9,11,13,15-17H,3-4,7,10H2,1-2H3. The van der Waals surface area contributed by atoms with Crippen molar-refractivity contribution in [3.05, 3.63) is 29.8 Å². The number of hydrogen-bond donors (Lipinski definition) is 2. The van der Waals surface area contributed by atoms with Gasteiger partial charge in [0.2, 0.25) is 0 Å². The van der Waals surface area contributed by atoms with Crippen LogP contribution in [0.2, 0.25) is 0 Å². The highest BCUT2D eigenvalue weighted by Crippen LogP contribution is 2.28. The van der Waals surface area contributed by atoms with Crippen LogP contribution in [-0.2, 0) is 0 Å². The van der Waals surface area contributed by atoms with Gasteiger partial charge in [0, 0.05) is 12.1 Å². The van der Waals surface area contributed by atoms with Crippen molar-refractivity contribution >= 4 is 0 Å². The third kappa shape index (κ3) is 3.22. The predicted octanol–water partition coefficient (Wildman–Crippen LogP) is 3.62. The molecule has 2 N–H and O–H groups in total. The van der Waals surface area contributed by atoms with Crippen LogP contribution in [0.3, 0.4) is 0 Å². The summed E-state index contributed by atoms with van der Waals surface area (Å²) in [5.74, 6) is 1.21. The maximum atomic E-state index is 9.31. The van der Waals surface area contributed by atoms with Crippen molar-refractivity contribution in [2.24, 2.45) is 5.92 Å². The molecule has 17 heavy (non-hydrogen) atoms. The molecule has 1 fully saturated rings. The zero-order chi connectivity index (χ0) is 12.3. The summed E-state index contributed by atoms with van der Waals surface area (Å²) in [6.45, 7) is 4.55. The Kier molecular flexibility index (Phi) is 4.06. The van der Waals surface area contributed by atoms with E-state index in [1.54, 1.807) is 12.1 Å². The number of rotatable bonds is 4. The average molecular weight is 233 g/mol. The molecule has 1 aliphatic carbocycles. The van der Waals surface area contributed by atoms with Gasteiger partial charge in [-0.25, -0.2) is 0 Å². The summed E-state index contributed by atoms with van der Waals surface area (Å²) in [7, 11) is 0. The van der Waals surface area contributed by atoms with Crippen LogP contribution in [0.25, 0.3) is 0 Å². The Morgan fingerprint density at radius 3 is 2.53 bits per heavy atom. The third-order valence-corrected chi connectivity index (χ3v) is 3.84. The van der Waals surface area contributed by atoms with Crippen molar-refractivity contribution in [1.82, 2.24) is 5.32 Å². The van der Waals surface area contributed by atoms with Crippen LogP contribution in [0.4, 0.5) is 0 Å². The fourth-order valence-corrected chi connectivity index (χ4v) is 2.80. The van der Waals surface area contributed by atoms with Gasteiger partial charge >= 0.3 is 0 Å². The lowest BCUT2D eigenvalue weighted by Gasteiger charge is -2.22. The molecule has 3 atom stereocenters. The van der Waals surface area contributed by atoms with E-state index >= 15 is 0 Å². The lowest BCUT2D eigenvalue weighted by molar-refractivity contribution is 0.420. The minimum atomic E-state index is 0.345. The van der Waals surface area contributed by atoms with Gasteiger partial charge in [0.15, 0.2) is 0 Å². The van der Waals surface area contributed by atoms with Gasteiger partial charge < -0.3 is 10.4 Å². The van der Waals surface area contributed by atoms with Crippen molar-refractivity contribution in [1.29, 1.82) is 0 Å². The van der Waals surface area contributed by atoms with E-state index in [2.05, 4.69) is 19.2 Å². The summed E-state index contributed by atoms with van der Waals surface area (Å²) < 4.78 is 0. The summed E-state index contributed by atoms with van der Waals surface area (Å²) in [6, 6.07) is 8.69. The first-order chi connectivity index (χ1) is 8.19. The quantitative estimate of drug-likeness (QED) is 0.832. The van der Waals surface area contributed by atoms with E-state index in [4.69, 9.17) is 0 Å². The molecule has 1 aromatic carbocycles. The smallest absolute Gasteiger partial charge is 0.115 e. The van der Waals surface area contributed by atoms with E-state index in [9.17, 15) is 5.11 Å². The van der Waals surface area contributed by atoms with Crippen molar-refractivity contribution in [2.45, 2.75) is 51.6 Å². The highest BCUT2D eigenvalue weighted by Gasteiger charge is 2.23. The normalized spacial score (nSPS) is 26.0. The van der Waals surface area contributed by atoms with Crippen LogP contribution in [0, 0.1) is 5.92 Å². The Bertz CT molecular complexity index is 346. The molecular formula is C15H23NO. The van der Waals surface area contributed by atoms with E-state index in [1.807, 2.05) is 12.1 Å². The van der Waals surface area contributed by atoms with E-state index in [0.717, 1.165) is 12.3 Å². The fourth-order valence-electron chi connectivity index (χ4n) is 2.80. The van der Waals surface area contributed by atoms with Crippen LogP contribution in [0.1, 0.15) is 51.1 Å². The summed E-state index contributed by atoms with van der Waals surface area (Å²) in [4.78, 5) is 0. The Labute approximate surface area is 104 Å². The molecule has 2 rings (SSSR count). The van der Waals surface area contributed by atoms with Gasteiger partial charge in [-0.05, 0) is 49.3 Å². The number of benzene rings is 1. The third-order valence-electron chi connectivity index (χ3n) is 3.84. The molecular weight excluding hydrogens is 210 g/mol. The van der Waals surface area contributed by atoms with Crippen LogP contribution in [-0.4, -0.2) is 11.1 Å². The highest BCUT2D eigenvalue weighted by molar-refractivity contribution is 5.28. The van der Waals surface area contributed by atoms with Crippen LogP contribution < -0.4 is 5.32 Å². The number of phenolic OH excluding ortho intramolecular Hbond substituents is 1. The van der Waals surface area contributed by atoms with Gasteiger partial charge in [0.25, 0.3) is 0 Å². The molecule has 0 spiro atoms. The topological polar surface area (TPSA) is 32.3 Å². The molecule has 3 unspecified atom stereocenters. The second-order valence-electron chi connectivity index (χ2n) is 5.33. The van der Waals surface area contributed by atoms with Gasteiger partial charge in [-0.2, -0.15) is 0 Å². The SMILES string of the molecule is CCC(NC1CCC(C)C1)c1ccc(O)cc1. The number of phenols is 1. The molecule has 2 nitrogen and oxygen atoms in total. The van der Waals surface area contributed by atoms with Crippen molar-refractivity contribution < 1.29 is 5.11 Å². The molecule has 0 bridgehead atoms. The second kappa shape index (κ2) is 5.54. The van der Waals surface area contributed by atoms with Crippen LogP contribution in [0.15, 0.2) is 24.3 Å². The molecule has 1 aliphatic rings. The van der Waals surface area contributed by atoms with Gasteiger partial charge in [0.1, 0.15) is 5.75 Å². The van der Waals surface area contributed by atoms with Crippen molar-refractivity contribution in [3.8, 4) is 5.75 Å². The zero-order valence-electron chi connectivity index (χ0n) is 10.8. The predicted molar refractivity (Wildman–Crippen MR) is 71.1 cm³/mol. The van der Waals surface area contributed by atoms with Crippen LogP contribution in [0.5, 0.6) is 5.75 Å². The Hall–Kier alpha value is -1.02. The summed E-state index contributed by atoms with van der Waals surface area (Å²) in [5.41, 5.74) is 1.28. The molecule has 94 valence electrons. The first kappa shape index (κ1) is 12.4. The first-order valence-corrected chi connectivity index (χ1v) is 6.74. The molecule has 1 saturated carbocycles. The molecule has 0 aliphatic heterocycles. The summed E-state index contributed by atoms with van der Waals surface area (Å²) >= 11 is 0. The van der Waals surface area contributed by atoms with E-state index in [0.29, 0.717) is 17.8 Å². The molecule has 0 radical (unpaired) electrons. The minimum Gasteiger partial charge on any atom is -0.508 e. The molecule has 2 heteroatoms. The maximum Gasteiger partial charge on any atom is 0.115 e. The minimum absolute atomic E-state index is 0.345. The van der Waals surface area contributed by atoms with Crippen molar-refractivity contribution in [2.75, 3.05) is 0 Å². The summed E-state index contributed by atoms with van der Waals surface area (Å²) in [6.07, 6.45) is 5.05. The largest absolute Gasteiger partial charge is 0.508 e. The zero-order valence-corrected chi connectivity index (χ0v) is 10.8. The van der Waals surface area contributed by atoms with E-state index in [-0.39, 0.29) is 0 Å². The first-order valence-electron chi connectivity index (χ1n) is 6.74. The lowest BCUT2D eigenvalue weighted by Crippen LogP contribution is -2.30. The summed E-state index contributed by atoms with van der Waals surface area (Å²) in [5, 5.41) is 13.1. The van der Waals surface area contributed by atoms with E-state index < -0.39 is 0 Å². The number of aromatic hydroxyl groups is 1. The lowest BCUT2D eigenvalue weighted by atomic mass is 10.0. The Balaban J connectivity index is 1.98. The Morgan fingerprint density at radius 2 is 2.00 bits per heavy atom. The van der Waals surface area contributed by atoms with Gasteiger partial charge in [-0.3, -0.25) is 0 Å². The number of hydrogen-bond acceptors (Lipinski definition) is 2. The van der Waals surface area contributed by atoms with Gasteiger partial charge in [-0.15, -0.1) is 0 Å². The number of nitrogens with one attached hydrogen (secondary N) is 1. The molecule has 0 aromatic heterocycles. The fraction of sp³-hybridized carbons (Fsp3) is 0.600. The average Bonchev–Trinajstić information content (AvgIpc) is 2.73. The monoisotopic (exact) mass is 233 g/mol.